The Balaban J connectivity index is 1.61. The van der Waals surface area contributed by atoms with Gasteiger partial charge in [-0.05, 0) is 96.4 Å². The van der Waals surface area contributed by atoms with Gasteiger partial charge >= 0.3 is 6.09 Å². The number of anilines is 2. The molecule has 12 nitrogen and oxygen atoms in total. The average molecular weight is 696 g/mol. The molecule has 0 radical (unpaired) electrons. The molecule has 1 fully saturated rings. The molecule has 0 atom stereocenters. The second kappa shape index (κ2) is 16.4. The van der Waals surface area contributed by atoms with Crippen molar-refractivity contribution in [3.63, 3.8) is 0 Å². The number of carbonyl (C=O) groups excluding carboxylic acids is 3. The van der Waals surface area contributed by atoms with E-state index in [4.69, 9.17) is 21.1 Å². The van der Waals surface area contributed by atoms with Crippen molar-refractivity contribution in [3.8, 4) is 11.6 Å². The molecule has 1 aromatic carbocycles. The van der Waals surface area contributed by atoms with Crippen LogP contribution in [0.15, 0.2) is 30.7 Å². The van der Waals surface area contributed by atoms with Crippen LogP contribution in [0, 0.1) is 6.92 Å². The number of amides is 3. The topological polar surface area (TPSA) is 140 Å². The number of nitrogens with one attached hydrogen (secondary N) is 3. The molecule has 1 saturated heterocycles. The van der Waals surface area contributed by atoms with E-state index in [1.165, 1.54) is 6.20 Å². The predicted molar refractivity (Wildman–Crippen MR) is 192 cm³/mol. The Morgan fingerprint density at radius 1 is 1.00 bits per heavy atom. The zero-order chi connectivity index (χ0) is 35.9. The maximum Gasteiger partial charge on any atom is 0.410 e. The molecule has 4 rings (SSSR count). The van der Waals surface area contributed by atoms with Crippen LogP contribution in [0.25, 0.3) is 5.82 Å². The molecule has 0 saturated carbocycles. The van der Waals surface area contributed by atoms with Crippen LogP contribution in [0.3, 0.4) is 0 Å². The third kappa shape index (κ3) is 9.87. The molecular weight excluding hydrogens is 646 g/mol. The zero-order valence-electron chi connectivity index (χ0n) is 29.9. The van der Waals surface area contributed by atoms with Gasteiger partial charge in [0.25, 0.3) is 11.8 Å². The van der Waals surface area contributed by atoms with Crippen LogP contribution in [-0.2, 0) is 4.74 Å². The number of nitrogens with zero attached hydrogens (tertiary/aromatic N) is 4. The van der Waals surface area contributed by atoms with Crippen molar-refractivity contribution in [1.82, 2.24) is 30.1 Å². The van der Waals surface area contributed by atoms with Gasteiger partial charge in [0.2, 0.25) is 5.95 Å². The number of likely N-dealkylation sites (tertiary alicyclic amines) is 1. The Bertz CT molecular complexity index is 1600. The number of carbonyl (C=O) groups is 3. The molecule has 49 heavy (non-hydrogen) atoms. The molecule has 0 unspecified atom stereocenters. The summed E-state index contributed by atoms with van der Waals surface area (Å²) in [6, 6.07) is 4.09. The normalized spacial score (nSPS) is 13.7. The van der Waals surface area contributed by atoms with Crippen molar-refractivity contribution in [1.29, 1.82) is 0 Å². The van der Waals surface area contributed by atoms with Gasteiger partial charge in [-0.1, -0.05) is 25.4 Å². The fourth-order valence-corrected chi connectivity index (χ4v) is 5.81. The van der Waals surface area contributed by atoms with E-state index in [0.717, 1.165) is 36.8 Å². The first kappa shape index (κ1) is 37.5. The van der Waals surface area contributed by atoms with Gasteiger partial charge in [0.05, 0.1) is 29.1 Å². The molecule has 2 aromatic heterocycles. The van der Waals surface area contributed by atoms with Crippen LogP contribution in [-0.4, -0.2) is 75.2 Å². The van der Waals surface area contributed by atoms with Gasteiger partial charge in [0.1, 0.15) is 16.4 Å². The van der Waals surface area contributed by atoms with Gasteiger partial charge in [-0.2, -0.15) is 4.98 Å². The fourth-order valence-electron chi connectivity index (χ4n) is 5.62. The molecule has 0 spiro atoms. The van der Waals surface area contributed by atoms with Gasteiger partial charge in [-0.25, -0.2) is 9.78 Å². The van der Waals surface area contributed by atoms with E-state index < -0.39 is 5.60 Å². The van der Waals surface area contributed by atoms with Gasteiger partial charge in [0.15, 0.2) is 5.82 Å². The highest BCUT2D eigenvalue weighted by Crippen LogP contribution is 2.38. The van der Waals surface area contributed by atoms with Crippen LogP contribution in [0.4, 0.5) is 16.4 Å². The number of halogens is 1. The largest absolute Gasteiger partial charge is 0.489 e. The smallest absolute Gasteiger partial charge is 0.410 e. The van der Waals surface area contributed by atoms with Crippen LogP contribution in [0.2, 0.25) is 5.02 Å². The van der Waals surface area contributed by atoms with Crippen LogP contribution in [0.5, 0.6) is 5.75 Å². The summed E-state index contributed by atoms with van der Waals surface area (Å²) in [5, 5.41) is 9.24. The molecule has 13 heteroatoms. The maximum absolute atomic E-state index is 13.0. The number of hydrogen-bond donors (Lipinski definition) is 3. The summed E-state index contributed by atoms with van der Waals surface area (Å²) in [7, 11) is 0. The molecule has 3 amide bonds. The van der Waals surface area contributed by atoms with Crippen molar-refractivity contribution >= 4 is 41.1 Å². The summed E-state index contributed by atoms with van der Waals surface area (Å²) in [5.74, 6) is 0.751. The van der Waals surface area contributed by atoms with E-state index >= 15 is 0 Å². The van der Waals surface area contributed by atoms with E-state index in [9.17, 15) is 14.4 Å². The molecule has 266 valence electrons. The molecule has 3 heterocycles. The minimum Gasteiger partial charge on any atom is -0.489 e. The number of aryl methyl sites for hydroxylation is 1. The third-order valence-corrected chi connectivity index (χ3v) is 8.19. The number of hydrogen-bond acceptors (Lipinski definition) is 8. The van der Waals surface area contributed by atoms with E-state index in [1.807, 2.05) is 54.5 Å². The molecule has 1 aliphatic heterocycles. The second-order valence-corrected chi connectivity index (χ2v) is 14.0. The lowest BCUT2D eigenvalue weighted by molar-refractivity contribution is 0.0204. The number of rotatable bonds is 12. The monoisotopic (exact) mass is 695 g/mol. The summed E-state index contributed by atoms with van der Waals surface area (Å²) in [6.07, 6.45) is 7.36. The van der Waals surface area contributed by atoms with E-state index in [1.54, 1.807) is 21.9 Å². The molecule has 0 aliphatic carbocycles. The highest BCUT2D eigenvalue weighted by atomic mass is 35.5. The minimum atomic E-state index is -0.533. The van der Waals surface area contributed by atoms with Crippen molar-refractivity contribution in [2.45, 2.75) is 98.7 Å². The Morgan fingerprint density at radius 3 is 2.12 bits per heavy atom. The van der Waals surface area contributed by atoms with Gasteiger partial charge < -0.3 is 34.9 Å². The Morgan fingerprint density at radius 2 is 1.59 bits per heavy atom. The van der Waals surface area contributed by atoms with E-state index in [-0.39, 0.29) is 52.0 Å². The first-order chi connectivity index (χ1) is 23.2. The average Bonchev–Trinajstić information content (AvgIpc) is 3.49. The standard InChI is InChI=1S/C36H50ClN7O5/c1-9-13-38-32(45)26-20-44(21-27(26)33(46)39-14-10-2)31-28(37)19-40-34(42-31)41-29-17-23(5)25(18-30(29)48-22(3)4)24-11-15-43(16-12-24)35(47)49-36(6,7)8/h17-22,24H,9-16H2,1-8H3,(H,38,45)(H,39,46)(H,40,41,42). The zero-order valence-corrected chi connectivity index (χ0v) is 30.7. The maximum atomic E-state index is 13.0. The first-order valence-electron chi connectivity index (χ1n) is 17.1. The summed E-state index contributed by atoms with van der Waals surface area (Å²) >= 11 is 6.58. The number of ether oxygens (including phenoxy) is 2. The Kier molecular flexibility index (Phi) is 12.5. The lowest BCUT2D eigenvalue weighted by atomic mass is 9.86. The second-order valence-electron chi connectivity index (χ2n) is 13.6. The molecule has 3 N–H and O–H groups in total. The molecule has 1 aliphatic rings. The first-order valence-corrected chi connectivity index (χ1v) is 17.5. The Hall–Kier alpha value is -4.32. The number of piperidine rings is 1. The SMILES string of the molecule is CCCNC(=O)c1cn(-c2nc(Nc3cc(C)c(C4CCN(C(=O)OC(C)(C)C)CC4)cc3OC(C)C)ncc2Cl)cc1C(=O)NCCC. The van der Waals surface area contributed by atoms with Gasteiger partial charge in [0, 0.05) is 38.6 Å². The van der Waals surface area contributed by atoms with Crippen LogP contribution < -0.4 is 20.7 Å². The predicted octanol–water partition coefficient (Wildman–Crippen LogP) is 7.15. The highest BCUT2D eigenvalue weighted by Gasteiger charge is 2.29. The summed E-state index contributed by atoms with van der Waals surface area (Å²) in [4.78, 5) is 49.5. The van der Waals surface area contributed by atoms with Crippen molar-refractivity contribution in [2.24, 2.45) is 0 Å². The third-order valence-electron chi connectivity index (χ3n) is 7.92. The lowest BCUT2D eigenvalue weighted by Gasteiger charge is -2.34. The van der Waals surface area contributed by atoms with Gasteiger partial charge in [-0.15, -0.1) is 0 Å². The highest BCUT2D eigenvalue weighted by molar-refractivity contribution is 6.32. The number of aromatic nitrogens is 3. The van der Waals surface area contributed by atoms with E-state index in [2.05, 4.69) is 38.9 Å². The Labute approximate surface area is 294 Å². The minimum absolute atomic E-state index is 0.0961. The summed E-state index contributed by atoms with van der Waals surface area (Å²) < 4.78 is 13.4. The summed E-state index contributed by atoms with van der Waals surface area (Å²) in [6.45, 7) is 17.7. The van der Waals surface area contributed by atoms with Crippen molar-refractivity contribution < 1.29 is 23.9 Å². The van der Waals surface area contributed by atoms with Crippen molar-refractivity contribution in [2.75, 3.05) is 31.5 Å². The number of benzene rings is 1. The van der Waals surface area contributed by atoms with Crippen LogP contribution in [0.1, 0.15) is 112 Å². The molecule has 0 bridgehead atoms. The molecular formula is C36H50ClN7O5. The fraction of sp³-hybridized carbons (Fsp3) is 0.528. The summed E-state index contributed by atoms with van der Waals surface area (Å²) in [5.41, 5.74) is 2.83. The quantitative estimate of drug-likeness (QED) is 0.182. The van der Waals surface area contributed by atoms with Gasteiger partial charge in [-0.3, -0.25) is 9.59 Å². The van der Waals surface area contributed by atoms with Crippen LogP contribution >= 0.6 is 11.6 Å². The lowest BCUT2D eigenvalue weighted by Crippen LogP contribution is -2.41. The van der Waals surface area contributed by atoms with E-state index in [0.29, 0.717) is 43.4 Å². The molecule has 3 aromatic rings. The van der Waals surface area contributed by atoms with Crippen molar-refractivity contribution in [3.05, 3.63) is 58.0 Å².